The topological polar surface area (TPSA) is 78.3 Å². The Morgan fingerprint density at radius 2 is 1.57 bits per heavy atom. The van der Waals surface area contributed by atoms with Crippen LogP contribution in [0.1, 0.15) is 24.8 Å². The van der Waals surface area contributed by atoms with E-state index in [1.165, 1.54) is 18.6 Å². The Labute approximate surface area is 180 Å². The third kappa shape index (κ3) is 5.87. The molecule has 0 radical (unpaired) electrons. The fraction of sp³-hybridized carbons (Fsp3) is 0.238. The van der Waals surface area contributed by atoms with E-state index in [2.05, 4.69) is 35.7 Å². The second kappa shape index (κ2) is 10.5. The second-order valence-corrected chi connectivity index (χ2v) is 6.74. The van der Waals surface area contributed by atoms with Crippen LogP contribution in [0, 0.1) is 5.82 Å². The van der Waals surface area contributed by atoms with Crippen molar-refractivity contribution >= 4 is 42.2 Å². The molecule has 0 spiro atoms. The van der Waals surface area contributed by atoms with E-state index in [4.69, 9.17) is 0 Å². The summed E-state index contributed by atoms with van der Waals surface area (Å²) < 4.78 is 13.2. The van der Waals surface area contributed by atoms with E-state index >= 15 is 0 Å². The number of rotatable bonds is 6. The number of benzene rings is 2. The predicted molar refractivity (Wildman–Crippen MR) is 120 cm³/mol. The number of hydrogen-bond donors (Lipinski definition) is 2. The van der Waals surface area contributed by atoms with E-state index in [0.717, 1.165) is 31.5 Å². The van der Waals surface area contributed by atoms with Gasteiger partial charge in [0.05, 0.1) is 6.21 Å². The highest BCUT2D eigenvalue weighted by Gasteiger charge is 2.16. The quantitative estimate of drug-likeness (QED) is 0.441. The molecule has 0 amide bonds. The Kier molecular flexibility index (Phi) is 7.51. The van der Waals surface area contributed by atoms with Gasteiger partial charge >= 0.3 is 0 Å². The fourth-order valence-electron chi connectivity index (χ4n) is 3.07. The first-order valence-corrected chi connectivity index (χ1v) is 9.64. The summed E-state index contributed by atoms with van der Waals surface area (Å²) in [6.45, 7) is 1.82. The van der Waals surface area contributed by atoms with Crippen molar-refractivity contribution in [2.45, 2.75) is 19.3 Å². The predicted octanol–water partition coefficient (Wildman–Crippen LogP) is 4.61. The highest BCUT2D eigenvalue weighted by Crippen LogP contribution is 2.21. The Hall–Kier alpha value is -3.26. The lowest BCUT2D eigenvalue weighted by Gasteiger charge is -2.26. The van der Waals surface area contributed by atoms with Crippen molar-refractivity contribution in [3.8, 4) is 0 Å². The first kappa shape index (κ1) is 21.4. The maximum absolute atomic E-state index is 13.2. The minimum Gasteiger partial charge on any atom is -0.341 e. The molecule has 2 N–H and O–H groups in total. The molecule has 2 aromatic carbocycles. The molecule has 0 atom stereocenters. The second-order valence-electron chi connectivity index (χ2n) is 6.74. The molecule has 3 aromatic rings. The monoisotopic (exact) mass is 427 g/mol. The summed E-state index contributed by atoms with van der Waals surface area (Å²) >= 11 is 0. The van der Waals surface area contributed by atoms with E-state index in [1.54, 1.807) is 18.3 Å². The van der Waals surface area contributed by atoms with E-state index in [9.17, 15) is 4.39 Å². The molecule has 7 nitrogen and oxygen atoms in total. The standard InChI is InChI=1S/C21H22FN7.ClH/c22-17-9-11-18(12-10-17)24-19-25-20(28-23-15-16-7-3-1-4-8-16)27-21(26-19)29-13-5-2-6-14-29;/h1,3-4,7-12,15H,2,5-6,13-14H2,(H2,24,25,26,27,28);1H/b23-15+;. The number of aromatic nitrogens is 3. The zero-order valence-electron chi connectivity index (χ0n) is 16.3. The third-order valence-corrected chi connectivity index (χ3v) is 4.54. The molecule has 0 unspecified atom stereocenters. The van der Waals surface area contributed by atoms with Crippen molar-refractivity contribution in [1.82, 2.24) is 15.0 Å². The van der Waals surface area contributed by atoms with Crippen molar-refractivity contribution in [2.24, 2.45) is 5.10 Å². The average Bonchev–Trinajstić information content (AvgIpc) is 2.77. The molecule has 1 saturated heterocycles. The van der Waals surface area contributed by atoms with Gasteiger partial charge in [0.1, 0.15) is 5.82 Å². The lowest BCUT2D eigenvalue weighted by molar-refractivity contribution is 0.568. The molecule has 0 aliphatic carbocycles. The minimum atomic E-state index is -0.294. The van der Waals surface area contributed by atoms with Crippen molar-refractivity contribution in [3.05, 3.63) is 66.0 Å². The molecule has 0 bridgehead atoms. The Morgan fingerprint density at radius 3 is 2.30 bits per heavy atom. The Balaban J connectivity index is 0.00000256. The number of hydrazone groups is 1. The molecule has 9 heteroatoms. The number of piperidine rings is 1. The summed E-state index contributed by atoms with van der Waals surface area (Å²) in [5.41, 5.74) is 4.55. The lowest BCUT2D eigenvalue weighted by Crippen LogP contribution is -2.31. The van der Waals surface area contributed by atoms with E-state index in [-0.39, 0.29) is 18.2 Å². The van der Waals surface area contributed by atoms with Gasteiger partial charge in [0.15, 0.2) is 0 Å². The summed E-state index contributed by atoms with van der Waals surface area (Å²) in [5, 5.41) is 7.35. The van der Waals surface area contributed by atoms with Crippen LogP contribution in [0.5, 0.6) is 0 Å². The number of nitrogens with zero attached hydrogens (tertiary/aromatic N) is 5. The summed E-state index contributed by atoms with van der Waals surface area (Å²) in [6.07, 6.45) is 5.15. The van der Waals surface area contributed by atoms with Crippen LogP contribution in [0.25, 0.3) is 0 Å². The van der Waals surface area contributed by atoms with E-state index in [0.29, 0.717) is 23.5 Å². The first-order chi connectivity index (χ1) is 14.3. The zero-order valence-corrected chi connectivity index (χ0v) is 17.1. The minimum absolute atomic E-state index is 0. The van der Waals surface area contributed by atoms with Gasteiger partial charge < -0.3 is 10.2 Å². The van der Waals surface area contributed by atoms with E-state index in [1.807, 2.05) is 30.3 Å². The van der Waals surface area contributed by atoms with Crippen LogP contribution in [0.4, 0.5) is 27.9 Å². The molecule has 4 rings (SSSR count). The maximum atomic E-state index is 13.2. The van der Waals surface area contributed by atoms with Crippen molar-refractivity contribution in [2.75, 3.05) is 28.7 Å². The molecule has 1 aromatic heterocycles. The smallest absolute Gasteiger partial charge is 0.250 e. The molecule has 1 aliphatic rings. The highest BCUT2D eigenvalue weighted by atomic mass is 35.5. The first-order valence-electron chi connectivity index (χ1n) is 9.64. The summed E-state index contributed by atoms with van der Waals surface area (Å²) in [6, 6.07) is 15.8. The van der Waals surface area contributed by atoms with Gasteiger partial charge in [-0.15, -0.1) is 12.4 Å². The Morgan fingerprint density at radius 1 is 0.867 bits per heavy atom. The zero-order chi connectivity index (χ0) is 19.9. The normalized spacial score (nSPS) is 13.7. The van der Waals surface area contributed by atoms with Gasteiger partial charge in [0, 0.05) is 18.8 Å². The number of hydrogen-bond acceptors (Lipinski definition) is 7. The van der Waals surface area contributed by atoms with Gasteiger partial charge in [-0.25, -0.2) is 9.82 Å². The van der Waals surface area contributed by atoms with Crippen LogP contribution in [0.3, 0.4) is 0 Å². The molecule has 156 valence electrons. The summed E-state index contributed by atoms with van der Waals surface area (Å²) in [7, 11) is 0. The van der Waals surface area contributed by atoms with Crippen LogP contribution >= 0.6 is 12.4 Å². The highest BCUT2D eigenvalue weighted by molar-refractivity contribution is 5.85. The van der Waals surface area contributed by atoms with Crippen LogP contribution in [-0.2, 0) is 0 Å². The van der Waals surface area contributed by atoms with Gasteiger partial charge in [-0.2, -0.15) is 20.1 Å². The SMILES string of the molecule is Cl.Fc1ccc(Nc2nc(N/N=C/c3ccccc3)nc(N3CCCCC3)n2)cc1. The van der Waals surface area contributed by atoms with Crippen LogP contribution in [-0.4, -0.2) is 34.3 Å². The maximum Gasteiger partial charge on any atom is 0.250 e. The van der Waals surface area contributed by atoms with Crippen LogP contribution in [0.15, 0.2) is 59.7 Å². The molecular weight excluding hydrogens is 405 g/mol. The number of anilines is 4. The Bertz CT molecular complexity index is 961. The van der Waals surface area contributed by atoms with Gasteiger partial charge in [-0.1, -0.05) is 30.3 Å². The lowest BCUT2D eigenvalue weighted by atomic mass is 10.1. The van der Waals surface area contributed by atoms with Crippen LogP contribution < -0.4 is 15.6 Å². The van der Waals surface area contributed by atoms with Crippen molar-refractivity contribution in [1.29, 1.82) is 0 Å². The molecule has 0 saturated carbocycles. The number of nitrogens with one attached hydrogen (secondary N) is 2. The molecule has 2 heterocycles. The molecule has 1 fully saturated rings. The fourth-order valence-corrected chi connectivity index (χ4v) is 3.07. The average molecular weight is 428 g/mol. The van der Waals surface area contributed by atoms with Crippen molar-refractivity contribution in [3.63, 3.8) is 0 Å². The van der Waals surface area contributed by atoms with Gasteiger partial charge in [0.25, 0.3) is 0 Å². The van der Waals surface area contributed by atoms with E-state index < -0.39 is 0 Å². The van der Waals surface area contributed by atoms with Crippen molar-refractivity contribution < 1.29 is 4.39 Å². The third-order valence-electron chi connectivity index (χ3n) is 4.54. The summed E-state index contributed by atoms with van der Waals surface area (Å²) in [5.74, 6) is 1.03. The summed E-state index contributed by atoms with van der Waals surface area (Å²) in [4.78, 5) is 15.6. The van der Waals surface area contributed by atoms with Crippen LogP contribution in [0.2, 0.25) is 0 Å². The molecule has 1 aliphatic heterocycles. The largest absolute Gasteiger partial charge is 0.341 e. The molecular formula is C21H23ClFN7. The van der Waals surface area contributed by atoms with Gasteiger partial charge in [-0.05, 0) is 49.1 Å². The number of halogens is 2. The van der Waals surface area contributed by atoms with Gasteiger partial charge in [0.2, 0.25) is 17.8 Å². The molecule has 30 heavy (non-hydrogen) atoms. The van der Waals surface area contributed by atoms with Gasteiger partial charge in [-0.3, -0.25) is 0 Å².